The predicted octanol–water partition coefficient (Wildman–Crippen LogP) is 5.37. The van der Waals surface area contributed by atoms with Gasteiger partial charge < -0.3 is 14.8 Å². The normalized spacial score (nSPS) is 18.6. The van der Waals surface area contributed by atoms with E-state index < -0.39 is 23.6 Å². The fraction of sp³-hybridized carbons (Fsp3) is 0.559. The summed E-state index contributed by atoms with van der Waals surface area (Å²) in [5, 5.41) is 15.3. The number of nitrogens with zero attached hydrogens (tertiary/aromatic N) is 8. The summed E-state index contributed by atoms with van der Waals surface area (Å²) in [6, 6.07) is 10.7. The summed E-state index contributed by atoms with van der Waals surface area (Å²) in [6.45, 7) is 10.9. The molecule has 0 amide bonds. The van der Waals surface area contributed by atoms with Crippen LogP contribution in [-0.2, 0) is 30.5 Å². The highest BCUT2D eigenvalue weighted by Gasteiger charge is 2.30. The average Bonchev–Trinajstić information content (AvgIpc) is 3.63. The van der Waals surface area contributed by atoms with Crippen molar-refractivity contribution in [2.75, 3.05) is 69.8 Å². The van der Waals surface area contributed by atoms with E-state index in [1.165, 1.54) is 11.1 Å². The molecule has 6 rings (SSSR count). The van der Waals surface area contributed by atoms with Gasteiger partial charge in [-0.25, -0.2) is 13.5 Å². The van der Waals surface area contributed by atoms with Crippen molar-refractivity contribution in [2.45, 2.75) is 64.5 Å². The van der Waals surface area contributed by atoms with Crippen molar-refractivity contribution in [1.82, 2.24) is 28.6 Å². The summed E-state index contributed by atoms with van der Waals surface area (Å²) in [4.78, 5) is 16.6. The number of piperidine rings is 1. The molecular formula is C34H44F3N9OS2. The number of anilines is 2. The molecule has 5 heterocycles. The summed E-state index contributed by atoms with van der Waals surface area (Å²) in [6.07, 6.45) is -1.78. The number of rotatable bonds is 10. The van der Waals surface area contributed by atoms with E-state index in [4.69, 9.17) is 0 Å². The number of nitriles is 1. The molecule has 1 aromatic carbocycles. The molecule has 2 saturated heterocycles. The number of thiophene rings is 1. The van der Waals surface area contributed by atoms with Crippen molar-refractivity contribution < 1.29 is 17.4 Å². The van der Waals surface area contributed by atoms with E-state index >= 15 is 0 Å². The Kier molecular flexibility index (Phi) is 10.5. The molecular weight excluding hydrogens is 672 g/mol. The smallest absolute Gasteiger partial charge is 0.367 e. The zero-order valence-electron chi connectivity index (χ0n) is 28.7. The van der Waals surface area contributed by atoms with Crippen LogP contribution >= 0.6 is 11.3 Å². The highest BCUT2D eigenvalue weighted by Crippen LogP contribution is 2.35. The molecule has 0 radical (unpaired) electrons. The third-order valence-electron chi connectivity index (χ3n) is 9.82. The third-order valence-corrected chi connectivity index (χ3v) is 11.9. The number of hydrogen-bond donors (Lipinski definition) is 1. The standard InChI is InChI=1S/C34H44F3N9OS2/c1-22(44-12-14-45(15-13-44)49(5)47)20-46-26(19-38)16-28-23(2)24(6-7-30(28)46)21-43-10-8-25(9-11-43)39-31-29-17-27(18-34(35,36)37)48-32(29)41-33(40-31)42(3)4/h6-7,16-17,22,25H,8-15,18,20-21H2,1-5H3,(H,39,40,41)/t22-,49?/m0/s1. The Morgan fingerprint density at radius 3 is 2.45 bits per heavy atom. The number of hydrogen-bond acceptors (Lipinski definition) is 9. The minimum Gasteiger partial charge on any atom is -0.367 e. The van der Waals surface area contributed by atoms with E-state index in [-0.39, 0.29) is 17.0 Å². The number of aromatic nitrogens is 3. The number of benzene rings is 1. The molecule has 2 atom stereocenters. The van der Waals surface area contributed by atoms with Crippen LogP contribution in [0.1, 0.15) is 41.5 Å². The van der Waals surface area contributed by atoms with Crippen LogP contribution in [-0.4, -0.2) is 111 Å². The van der Waals surface area contributed by atoms with Gasteiger partial charge in [0.1, 0.15) is 22.4 Å². The van der Waals surface area contributed by atoms with Gasteiger partial charge in [-0.2, -0.15) is 23.4 Å². The second-order valence-corrected chi connectivity index (χ2v) is 15.9. The largest absolute Gasteiger partial charge is 0.393 e. The lowest BCUT2D eigenvalue weighted by molar-refractivity contribution is -0.126. The van der Waals surface area contributed by atoms with Crippen LogP contribution in [0.4, 0.5) is 24.9 Å². The van der Waals surface area contributed by atoms with Crippen LogP contribution < -0.4 is 10.2 Å². The van der Waals surface area contributed by atoms with Gasteiger partial charge in [0.25, 0.3) is 0 Å². The average molecular weight is 716 g/mol. The fourth-order valence-corrected chi connectivity index (χ4v) is 8.72. The first-order valence-corrected chi connectivity index (χ1v) is 19.0. The summed E-state index contributed by atoms with van der Waals surface area (Å²) in [5.74, 6) is 1.06. The van der Waals surface area contributed by atoms with Crippen molar-refractivity contribution in [1.29, 1.82) is 5.26 Å². The molecule has 2 aliphatic heterocycles. The monoisotopic (exact) mass is 715 g/mol. The molecule has 2 fully saturated rings. The zero-order chi connectivity index (χ0) is 35.0. The van der Waals surface area contributed by atoms with E-state index in [2.05, 4.69) is 61.7 Å². The topological polar surface area (TPSA) is 96.6 Å². The molecule has 0 bridgehead atoms. The molecule has 1 N–H and O–H groups in total. The molecule has 1 unspecified atom stereocenters. The second-order valence-electron chi connectivity index (χ2n) is 13.5. The van der Waals surface area contributed by atoms with E-state index in [9.17, 15) is 22.6 Å². The first-order valence-electron chi connectivity index (χ1n) is 16.7. The SMILES string of the molecule is Cc1c(CN2CCC(Nc3nc(N(C)C)nc4sc(CC(F)(F)F)cc34)CC2)ccc2c1cc(C#N)n2C[C@H](C)N1CCN(S(C)=O)CC1. The van der Waals surface area contributed by atoms with Gasteiger partial charge in [-0.3, -0.25) is 9.80 Å². The number of halogens is 3. The molecule has 15 heteroatoms. The Bertz CT molecular complexity index is 1870. The Hall–Kier alpha value is -3.29. The lowest BCUT2D eigenvalue weighted by Gasteiger charge is -2.37. The van der Waals surface area contributed by atoms with E-state index in [0.717, 1.165) is 80.9 Å². The maximum Gasteiger partial charge on any atom is 0.393 e. The Morgan fingerprint density at radius 1 is 1.10 bits per heavy atom. The first kappa shape index (κ1) is 35.5. The van der Waals surface area contributed by atoms with E-state index in [1.54, 1.807) is 17.2 Å². The van der Waals surface area contributed by atoms with Gasteiger partial charge in [-0.05, 0) is 56.0 Å². The zero-order valence-corrected chi connectivity index (χ0v) is 30.3. The number of likely N-dealkylation sites (tertiary alicyclic amines) is 1. The number of aryl methyl sites for hydroxylation is 1. The summed E-state index contributed by atoms with van der Waals surface area (Å²) < 4.78 is 55.4. The Morgan fingerprint density at radius 2 is 1.82 bits per heavy atom. The molecule has 0 spiro atoms. The van der Waals surface area contributed by atoms with Gasteiger partial charge in [0.05, 0.1) is 22.8 Å². The molecule has 2 aliphatic rings. The maximum absolute atomic E-state index is 13.1. The predicted molar refractivity (Wildman–Crippen MR) is 191 cm³/mol. The minimum atomic E-state index is -4.28. The molecule has 49 heavy (non-hydrogen) atoms. The van der Waals surface area contributed by atoms with E-state index in [0.29, 0.717) is 34.2 Å². The van der Waals surface area contributed by atoms with Crippen LogP contribution in [0.5, 0.6) is 0 Å². The Labute approximate surface area is 292 Å². The van der Waals surface area contributed by atoms with Crippen LogP contribution in [0.25, 0.3) is 21.1 Å². The van der Waals surface area contributed by atoms with Crippen LogP contribution in [0, 0.1) is 18.3 Å². The molecule has 10 nitrogen and oxygen atoms in total. The first-order chi connectivity index (χ1) is 23.3. The van der Waals surface area contributed by atoms with Gasteiger partial charge >= 0.3 is 6.18 Å². The van der Waals surface area contributed by atoms with Crippen LogP contribution in [0.2, 0.25) is 0 Å². The van der Waals surface area contributed by atoms with Gasteiger partial charge in [-0.15, -0.1) is 11.3 Å². The van der Waals surface area contributed by atoms with Gasteiger partial charge in [0.2, 0.25) is 5.95 Å². The van der Waals surface area contributed by atoms with Gasteiger partial charge in [-0.1, -0.05) is 6.07 Å². The van der Waals surface area contributed by atoms with Crippen molar-refractivity contribution in [3.63, 3.8) is 0 Å². The number of nitrogens with one attached hydrogen (secondary N) is 1. The van der Waals surface area contributed by atoms with Crippen molar-refractivity contribution in [3.05, 3.63) is 46.0 Å². The summed E-state index contributed by atoms with van der Waals surface area (Å²) in [5.41, 5.74) is 4.16. The number of piperazine rings is 1. The lowest BCUT2D eigenvalue weighted by Crippen LogP contribution is -2.50. The minimum absolute atomic E-state index is 0.139. The molecule has 3 aromatic heterocycles. The Balaban J connectivity index is 1.11. The van der Waals surface area contributed by atoms with Gasteiger partial charge in [0.15, 0.2) is 0 Å². The quantitative estimate of drug-likeness (QED) is 0.234. The van der Waals surface area contributed by atoms with Crippen LogP contribution in [0.15, 0.2) is 24.3 Å². The van der Waals surface area contributed by atoms with E-state index in [1.807, 2.05) is 24.5 Å². The van der Waals surface area contributed by atoms with Crippen LogP contribution in [0.3, 0.4) is 0 Å². The molecule has 0 saturated carbocycles. The molecule has 4 aromatic rings. The highest BCUT2D eigenvalue weighted by atomic mass is 32.2. The second kappa shape index (κ2) is 14.5. The summed E-state index contributed by atoms with van der Waals surface area (Å²) >= 11 is 1.07. The van der Waals surface area contributed by atoms with Crippen molar-refractivity contribution >= 4 is 55.2 Å². The molecule has 264 valence electrons. The third kappa shape index (κ3) is 8.04. The maximum atomic E-state index is 13.1. The fourth-order valence-electron chi connectivity index (χ4n) is 6.99. The number of fused-ring (bicyclic) bond motifs is 2. The summed E-state index contributed by atoms with van der Waals surface area (Å²) in [7, 11) is 2.70. The molecule has 0 aliphatic carbocycles. The number of alkyl halides is 3. The van der Waals surface area contributed by atoms with Crippen molar-refractivity contribution in [2.24, 2.45) is 0 Å². The lowest BCUT2D eigenvalue weighted by atomic mass is 10.0. The van der Waals surface area contributed by atoms with Crippen molar-refractivity contribution in [3.8, 4) is 6.07 Å². The van der Waals surface area contributed by atoms with Gasteiger partial charge in [0, 0.05) is 101 Å². The highest BCUT2D eigenvalue weighted by molar-refractivity contribution is 7.81.